The van der Waals surface area contributed by atoms with Gasteiger partial charge in [0.2, 0.25) is 5.91 Å². The second-order valence-electron chi connectivity index (χ2n) is 4.94. The number of aryl methyl sites for hydroxylation is 1. The van der Waals surface area contributed by atoms with Crippen molar-refractivity contribution < 1.29 is 9.90 Å². The summed E-state index contributed by atoms with van der Waals surface area (Å²) in [4.78, 5) is 13.3. The van der Waals surface area contributed by atoms with E-state index in [0.717, 1.165) is 5.56 Å². The molecule has 0 saturated carbocycles. The molecule has 2 rings (SSSR count). The minimum Gasteiger partial charge on any atom is -0.386 e. The average Bonchev–Trinajstić information content (AvgIpc) is 2.22. The van der Waals surface area contributed by atoms with Gasteiger partial charge in [0.05, 0.1) is 18.7 Å². The number of hydrogen-bond donors (Lipinski definition) is 1. The van der Waals surface area contributed by atoms with Gasteiger partial charge in [0.1, 0.15) is 0 Å². The lowest BCUT2D eigenvalue weighted by Crippen LogP contribution is -2.61. The molecule has 0 aliphatic carbocycles. The third-order valence-electron chi connectivity index (χ3n) is 2.84. The molecule has 17 heavy (non-hydrogen) atoms. The molecule has 1 aliphatic rings. The Hall–Kier alpha value is -1.61. The number of carbonyl (C=O) groups excluding carboxylic acids is 1. The van der Waals surface area contributed by atoms with Crippen LogP contribution in [0.4, 0.5) is 0 Å². The van der Waals surface area contributed by atoms with Crippen LogP contribution < -0.4 is 0 Å². The van der Waals surface area contributed by atoms with Gasteiger partial charge in [0, 0.05) is 6.08 Å². The van der Waals surface area contributed by atoms with Crippen molar-refractivity contribution in [3.05, 3.63) is 41.5 Å². The number of benzene rings is 1. The third-order valence-corrected chi connectivity index (χ3v) is 2.84. The van der Waals surface area contributed by atoms with E-state index in [1.165, 1.54) is 5.56 Å². The largest absolute Gasteiger partial charge is 0.386 e. The molecule has 3 heteroatoms. The molecule has 90 valence electrons. The molecule has 0 spiro atoms. The van der Waals surface area contributed by atoms with Crippen LogP contribution >= 0.6 is 0 Å². The van der Waals surface area contributed by atoms with E-state index in [1.54, 1.807) is 17.9 Å². The van der Waals surface area contributed by atoms with E-state index in [2.05, 4.69) is 0 Å². The molecule has 0 bridgehead atoms. The van der Waals surface area contributed by atoms with Crippen LogP contribution in [0.3, 0.4) is 0 Å². The molecule has 1 aliphatic heterocycles. The molecular formula is C14H17NO2. The molecule has 1 fully saturated rings. The first-order valence-electron chi connectivity index (χ1n) is 5.72. The number of carbonyl (C=O) groups is 1. The highest BCUT2D eigenvalue weighted by molar-refractivity contribution is 5.92. The third kappa shape index (κ3) is 2.94. The van der Waals surface area contributed by atoms with Crippen molar-refractivity contribution in [2.75, 3.05) is 13.1 Å². The van der Waals surface area contributed by atoms with E-state index in [0.29, 0.717) is 13.1 Å². The minimum atomic E-state index is -0.702. The van der Waals surface area contributed by atoms with Gasteiger partial charge in [-0.2, -0.15) is 0 Å². The lowest BCUT2D eigenvalue weighted by molar-refractivity contribution is -0.146. The monoisotopic (exact) mass is 231 g/mol. The molecule has 1 N–H and O–H groups in total. The minimum absolute atomic E-state index is 0.0435. The molecule has 0 unspecified atom stereocenters. The number of β-amino-alcohol motifs (C(OH)–C–C–N with tert-alkyl or cyclic N) is 1. The zero-order chi connectivity index (χ0) is 12.5. The zero-order valence-electron chi connectivity index (χ0n) is 10.2. The Labute approximate surface area is 101 Å². The molecule has 1 aromatic carbocycles. The van der Waals surface area contributed by atoms with E-state index in [4.69, 9.17) is 0 Å². The van der Waals surface area contributed by atoms with Crippen molar-refractivity contribution in [3.63, 3.8) is 0 Å². The highest BCUT2D eigenvalue weighted by atomic mass is 16.3. The fraction of sp³-hybridized carbons (Fsp3) is 0.357. The molecule has 1 aromatic rings. The smallest absolute Gasteiger partial charge is 0.246 e. The van der Waals surface area contributed by atoms with Gasteiger partial charge in [-0.15, -0.1) is 0 Å². The lowest BCUT2D eigenvalue weighted by atomic mass is 9.97. The van der Waals surface area contributed by atoms with Gasteiger partial charge in [-0.3, -0.25) is 4.79 Å². The molecule has 0 aromatic heterocycles. The molecular weight excluding hydrogens is 214 g/mol. The predicted molar refractivity (Wildman–Crippen MR) is 67.4 cm³/mol. The van der Waals surface area contributed by atoms with Gasteiger partial charge < -0.3 is 10.0 Å². The molecule has 0 atom stereocenters. The van der Waals surface area contributed by atoms with Crippen molar-refractivity contribution in [3.8, 4) is 0 Å². The number of likely N-dealkylation sites (tertiary alicyclic amines) is 1. The Morgan fingerprint density at radius 3 is 2.76 bits per heavy atom. The van der Waals surface area contributed by atoms with Crippen molar-refractivity contribution in [1.82, 2.24) is 4.90 Å². The second-order valence-corrected chi connectivity index (χ2v) is 4.94. The van der Waals surface area contributed by atoms with Crippen molar-refractivity contribution >= 4 is 12.0 Å². The highest BCUT2D eigenvalue weighted by Crippen LogP contribution is 2.20. The van der Waals surface area contributed by atoms with E-state index in [-0.39, 0.29) is 5.91 Å². The number of nitrogens with zero attached hydrogens (tertiary/aromatic N) is 1. The van der Waals surface area contributed by atoms with Gasteiger partial charge in [0.25, 0.3) is 0 Å². The maximum Gasteiger partial charge on any atom is 0.246 e. The van der Waals surface area contributed by atoms with Crippen LogP contribution in [-0.4, -0.2) is 34.6 Å². The topological polar surface area (TPSA) is 40.5 Å². The van der Waals surface area contributed by atoms with Crippen LogP contribution in [0.25, 0.3) is 6.08 Å². The molecule has 3 nitrogen and oxygen atoms in total. The quantitative estimate of drug-likeness (QED) is 0.785. The second kappa shape index (κ2) is 4.34. The molecule has 0 radical (unpaired) electrons. The fourth-order valence-corrected chi connectivity index (χ4v) is 1.98. The van der Waals surface area contributed by atoms with Gasteiger partial charge in [-0.25, -0.2) is 0 Å². The summed E-state index contributed by atoms with van der Waals surface area (Å²) >= 11 is 0. The van der Waals surface area contributed by atoms with Crippen molar-refractivity contribution in [2.45, 2.75) is 19.4 Å². The zero-order valence-corrected chi connectivity index (χ0v) is 10.2. The Morgan fingerprint density at radius 1 is 1.47 bits per heavy atom. The van der Waals surface area contributed by atoms with E-state index >= 15 is 0 Å². The SMILES string of the molecule is Cc1cccc(C=CC(=O)N2CC(C)(O)C2)c1. The summed E-state index contributed by atoms with van der Waals surface area (Å²) < 4.78 is 0. The fourth-order valence-electron chi connectivity index (χ4n) is 1.98. The molecule has 1 amide bonds. The maximum atomic E-state index is 11.7. The van der Waals surface area contributed by atoms with Gasteiger partial charge >= 0.3 is 0 Å². The standard InChI is InChI=1S/C14H17NO2/c1-11-4-3-5-12(8-11)6-7-13(16)15-9-14(2,17)10-15/h3-8,17H,9-10H2,1-2H3. The summed E-state index contributed by atoms with van der Waals surface area (Å²) in [5.74, 6) is -0.0435. The van der Waals surface area contributed by atoms with Crippen LogP contribution in [0.5, 0.6) is 0 Å². The maximum absolute atomic E-state index is 11.7. The predicted octanol–water partition coefficient (Wildman–Crippen LogP) is 1.60. The summed E-state index contributed by atoms with van der Waals surface area (Å²) in [5.41, 5.74) is 1.49. The Kier molecular flexibility index (Phi) is 3.03. The summed E-state index contributed by atoms with van der Waals surface area (Å²) in [6.45, 7) is 4.60. The summed E-state index contributed by atoms with van der Waals surface area (Å²) in [6, 6.07) is 7.97. The van der Waals surface area contributed by atoms with E-state index in [9.17, 15) is 9.90 Å². The van der Waals surface area contributed by atoms with Crippen LogP contribution in [0.15, 0.2) is 30.3 Å². The normalized spacial score (nSPS) is 18.2. The average molecular weight is 231 g/mol. The number of rotatable bonds is 2. The number of aliphatic hydroxyl groups is 1. The van der Waals surface area contributed by atoms with Crippen LogP contribution in [0.2, 0.25) is 0 Å². The van der Waals surface area contributed by atoms with Crippen molar-refractivity contribution in [2.24, 2.45) is 0 Å². The van der Waals surface area contributed by atoms with Gasteiger partial charge in [0.15, 0.2) is 0 Å². The van der Waals surface area contributed by atoms with E-state index in [1.807, 2.05) is 37.3 Å². The first-order chi connectivity index (χ1) is 7.96. The molecule has 1 heterocycles. The van der Waals surface area contributed by atoms with E-state index < -0.39 is 5.60 Å². The number of hydrogen-bond acceptors (Lipinski definition) is 2. The Balaban J connectivity index is 1.95. The number of amides is 1. The Bertz CT molecular complexity index is 455. The van der Waals surface area contributed by atoms with Crippen LogP contribution in [0.1, 0.15) is 18.1 Å². The van der Waals surface area contributed by atoms with Gasteiger partial charge in [-0.05, 0) is 25.5 Å². The lowest BCUT2D eigenvalue weighted by Gasteiger charge is -2.43. The summed E-state index contributed by atoms with van der Waals surface area (Å²) in [7, 11) is 0. The van der Waals surface area contributed by atoms with Crippen LogP contribution in [0, 0.1) is 6.92 Å². The first-order valence-corrected chi connectivity index (χ1v) is 5.72. The van der Waals surface area contributed by atoms with Gasteiger partial charge in [-0.1, -0.05) is 29.8 Å². The summed E-state index contributed by atoms with van der Waals surface area (Å²) in [6.07, 6.45) is 3.37. The summed E-state index contributed by atoms with van der Waals surface area (Å²) in [5, 5.41) is 9.54. The highest BCUT2D eigenvalue weighted by Gasteiger charge is 2.38. The molecule has 1 saturated heterocycles. The van der Waals surface area contributed by atoms with Crippen LogP contribution in [-0.2, 0) is 4.79 Å². The first kappa shape index (κ1) is 11.9. The van der Waals surface area contributed by atoms with Crippen molar-refractivity contribution in [1.29, 1.82) is 0 Å². The Morgan fingerprint density at radius 2 is 2.18 bits per heavy atom.